The van der Waals surface area contributed by atoms with Crippen molar-refractivity contribution >= 4 is 28.9 Å². The summed E-state index contributed by atoms with van der Waals surface area (Å²) in [5.41, 5.74) is 1.35. The van der Waals surface area contributed by atoms with E-state index in [9.17, 15) is 14.9 Å². The van der Waals surface area contributed by atoms with E-state index in [4.69, 9.17) is 11.6 Å². The Morgan fingerprint density at radius 3 is 2.55 bits per heavy atom. The third-order valence-corrected chi connectivity index (χ3v) is 2.88. The molecule has 1 N–H and O–H groups in total. The van der Waals surface area contributed by atoms with Crippen LogP contribution in [0.4, 0.5) is 11.4 Å². The number of nitrogens with one attached hydrogen (secondary N) is 1. The minimum Gasteiger partial charge on any atom is -0.322 e. The topological polar surface area (TPSA) is 85.1 Å². The number of aryl methyl sites for hydroxylation is 1. The Morgan fingerprint density at radius 2 is 2.00 bits per heavy atom. The molecule has 102 valence electrons. The van der Waals surface area contributed by atoms with E-state index in [0.717, 1.165) is 0 Å². The highest BCUT2D eigenvalue weighted by Gasteiger charge is 2.12. The highest BCUT2D eigenvalue weighted by molar-refractivity contribution is 6.34. The average molecular weight is 292 g/mol. The second kappa shape index (κ2) is 5.66. The highest BCUT2D eigenvalue weighted by Crippen LogP contribution is 2.19. The van der Waals surface area contributed by atoms with Crippen LogP contribution in [-0.4, -0.2) is 15.8 Å². The van der Waals surface area contributed by atoms with Crippen molar-refractivity contribution in [1.82, 2.24) is 4.98 Å². The highest BCUT2D eigenvalue weighted by atomic mass is 35.5. The maximum Gasteiger partial charge on any atom is 0.269 e. The predicted molar refractivity (Wildman–Crippen MR) is 75.0 cm³/mol. The summed E-state index contributed by atoms with van der Waals surface area (Å²) in [6.45, 7) is 1.77. The second-order valence-corrected chi connectivity index (χ2v) is 4.47. The van der Waals surface area contributed by atoms with Crippen molar-refractivity contribution in [3.63, 3.8) is 0 Å². The molecule has 1 heterocycles. The van der Waals surface area contributed by atoms with Gasteiger partial charge in [-0.25, -0.2) is 0 Å². The van der Waals surface area contributed by atoms with Gasteiger partial charge in [0.15, 0.2) is 0 Å². The Bertz CT molecular complexity index is 671. The molecule has 0 aliphatic heterocycles. The molecule has 0 aliphatic carbocycles. The lowest BCUT2D eigenvalue weighted by atomic mass is 10.2. The predicted octanol–water partition coefficient (Wildman–Crippen LogP) is 3.20. The summed E-state index contributed by atoms with van der Waals surface area (Å²) < 4.78 is 0. The quantitative estimate of drug-likeness (QED) is 0.695. The van der Waals surface area contributed by atoms with E-state index in [2.05, 4.69) is 10.3 Å². The summed E-state index contributed by atoms with van der Waals surface area (Å²) in [5, 5.41) is 13.4. The number of nitrogens with zero attached hydrogens (tertiary/aromatic N) is 2. The van der Waals surface area contributed by atoms with Crippen molar-refractivity contribution in [1.29, 1.82) is 0 Å². The van der Waals surface area contributed by atoms with E-state index in [1.807, 2.05) is 0 Å². The number of hydrogen-bond acceptors (Lipinski definition) is 4. The third-order valence-electron chi connectivity index (χ3n) is 2.57. The Hall–Kier alpha value is -2.47. The number of carbonyl (C=O) groups excluding carboxylic acids is 1. The summed E-state index contributed by atoms with van der Waals surface area (Å²) >= 11 is 5.97. The van der Waals surface area contributed by atoms with Crippen molar-refractivity contribution in [2.45, 2.75) is 6.92 Å². The molecule has 20 heavy (non-hydrogen) atoms. The van der Waals surface area contributed by atoms with Crippen LogP contribution >= 0.6 is 11.6 Å². The maximum atomic E-state index is 12.0. The average Bonchev–Trinajstić information content (AvgIpc) is 2.39. The normalized spacial score (nSPS) is 10.1. The van der Waals surface area contributed by atoms with Gasteiger partial charge in [0.2, 0.25) is 0 Å². The Morgan fingerprint density at radius 1 is 1.35 bits per heavy atom. The number of aromatic nitrogens is 1. The summed E-state index contributed by atoms with van der Waals surface area (Å²) in [4.78, 5) is 26.0. The summed E-state index contributed by atoms with van der Waals surface area (Å²) in [5.74, 6) is -0.420. The maximum absolute atomic E-state index is 12.0. The number of benzene rings is 1. The molecule has 0 saturated heterocycles. The Labute approximate surface area is 119 Å². The first-order valence-electron chi connectivity index (χ1n) is 5.65. The molecule has 0 atom stereocenters. The number of hydrogen-bond donors (Lipinski definition) is 1. The smallest absolute Gasteiger partial charge is 0.269 e. The third kappa shape index (κ3) is 3.10. The molecule has 0 aliphatic rings. The SMILES string of the molecule is Cc1cc(Cl)c(C(=O)Nc2ccc([N+](=O)[O-])cc2)cn1. The molecule has 0 bridgehead atoms. The monoisotopic (exact) mass is 291 g/mol. The van der Waals surface area contributed by atoms with Crippen LogP contribution in [0.2, 0.25) is 5.02 Å². The number of anilines is 1. The van der Waals surface area contributed by atoms with Crippen molar-refractivity contribution in [2.24, 2.45) is 0 Å². The van der Waals surface area contributed by atoms with Gasteiger partial charge in [0.25, 0.3) is 11.6 Å². The summed E-state index contributed by atoms with van der Waals surface area (Å²) in [6, 6.07) is 7.11. The van der Waals surface area contributed by atoms with E-state index in [1.54, 1.807) is 13.0 Å². The van der Waals surface area contributed by atoms with Gasteiger partial charge in [-0.3, -0.25) is 19.9 Å². The molecule has 2 aromatic rings. The number of non-ortho nitro benzene ring substituents is 1. The molecule has 7 heteroatoms. The van der Waals surface area contributed by atoms with Gasteiger partial charge < -0.3 is 5.32 Å². The lowest BCUT2D eigenvalue weighted by molar-refractivity contribution is -0.384. The van der Waals surface area contributed by atoms with E-state index < -0.39 is 10.8 Å². The first-order valence-corrected chi connectivity index (χ1v) is 6.03. The van der Waals surface area contributed by atoms with Crippen LogP contribution in [0, 0.1) is 17.0 Å². The molecule has 6 nitrogen and oxygen atoms in total. The first kappa shape index (κ1) is 14.0. The number of rotatable bonds is 3. The van der Waals surface area contributed by atoms with Gasteiger partial charge in [-0.1, -0.05) is 11.6 Å². The van der Waals surface area contributed by atoms with Gasteiger partial charge in [0.1, 0.15) is 0 Å². The van der Waals surface area contributed by atoms with Crippen LogP contribution in [0.5, 0.6) is 0 Å². The van der Waals surface area contributed by atoms with Crippen LogP contribution in [0.25, 0.3) is 0 Å². The van der Waals surface area contributed by atoms with Gasteiger partial charge in [0.05, 0.1) is 15.5 Å². The Kier molecular flexibility index (Phi) is 3.95. The minimum absolute atomic E-state index is 0.0435. The van der Waals surface area contributed by atoms with E-state index in [-0.39, 0.29) is 11.3 Å². The summed E-state index contributed by atoms with van der Waals surface area (Å²) in [6.07, 6.45) is 1.39. The second-order valence-electron chi connectivity index (χ2n) is 4.06. The molecule has 0 saturated carbocycles. The molecule has 1 aromatic heterocycles. The van der Waals surface area contributed by atoms with Crippen LogP contribution in [0.1, 0.15) is 16.1 Å². The molecule has 0 spiro atoms. The number of pyridine rings is 1. The van der Waals surface area contributed by atoms with Crippen molar-refractivity contribution in [2.75, 3.05) is 5.32 Å². The molecule has 1 aromatic carbocycles. The molecule has 0 unspecified atom stereocenters. The Balaban J connectivity index is 2.17. The molecule has 0 radical (unpaired) electrons. The van der Waals surface area contributed by atoms with Gasteiger partial charge >= 0.3 is 0 Å². The zero-order valence-corrected chi connectivity index (χ0v) is 11.2. The van der Waals surface area contributed by atoms with Crippen LogP contribution in [0.3, 0.4) is 0 Å². The summed E-state index contributed by atoms with van der Waals surface area (Å²) in [7, 11) is 0. The fourth-order valence-electron chi connectivity index (χ4n) is 1.56. The standard InChI is InChI=1S/C13H10ClN3O3/c1-8-6-12(14)11(7-15-8)13(18)16-9-2-4-10(5-3-9)17(19)20/h2-7H,1H3,(H,16,18). The molecule has 0 fully saturated rings. The minimum atomic E-state index is -0.508. The van der Waals surface area contributed by atoms with Gasteiger partial charge in [-0.05, 0) is 25.1 Å². The molecule has 1 amide bonds. The van der Waals surface area contributed by atoms with Gasteiger partial charge in [0, 0.05) is 29.7 Å². The number of nitro groups is 1. The number of nitro benzene ring substituents is 1. The largest absolute Gasteiger partial charge is 0.322 e. The molecular weight excluding hydrogens is 282 g/mol. The zero-order chi connectivity index (χ0) is 14.7. The van der Waals surface area contributed by atoms with E-state index >= 15 is 0 Å². The van der Waals surface area contributed by atoms with Crippen molar-refractivity contribution in [3.8, 4) is 0 Å². The lowest BCUT2D eigenvalue weighted by Gasteiger charge is -2.06. The number of halogens is 1. The van der Waals surface area contributed by atoms with Gasteiger partial charge in [-0.2, -0.15) is 0 Å². The van der Waals surface area contributed by atoms with E-state index in [1.165, 1.54) is 30.5 Å². The zero-order valence-electron chi connectivity index (χ0n) is 10.5. The van der Waals surface area contributed by atoms with Crippen molar-refractivity contribution < 1.29 is 9.72 Å². The number of carbonyl (C=O) groups is 1. The van der Waals surface area contributed by atoms with E-state index in [0.29, 0.717) is 16.4 Å². The van der Waals surface area contributed by atoms with Gasteiger partial charge in [-0.15, -0.1) is 0 Å². The number of amides is 1. The lowest BCUT2D eigenvalue weighted by Crippen LogP contribution is -2.13. The molecule has 2 rings (SSSR count). The fraction of sp³-hybridized carbons (Fsp3) is 0.0769. The van der Waals surface area contributed by atoms with Crippen LogP contribution in [0.15, 0.2) is 36.5 Å². The van der Waals surface area contributed by atoms with Crippen LogP contribution < -0.4 is 5.32 Å². The molecular formula is C13H10ClN3O3. The van der Waals surface area contributed by atoms with Crippen molar-refractivity contribution in [3.05, 3.63) is 62.9 Å². The first-order chi connectivity index (χ1) is 9.47. The fourth-order valence-corrected chi connectivity index (χ4v) is 1.85. The van der Waals surface area contributed by atoms with Crippen LogP contribution in [-0.2, 0) is 0 Å².